The van der Waals surface area contributed by atoms with Crippen LogP contribution in [0.25, 0.3) is 0 Å². The summed E-state index contributed by atoms with van der Waals surface area (Å²) < 4.78 is 18.1. The van der Waals surface area contributed by atoms with Crippen LogP contribution in [0.5, 0.6) is 0 Å². The molecule has 0 N–H and O–H groups in total. The number of fused-ring (bicyclic) bond motifs is 3. The van der Waals surface area contributed by atoms with E-state index in [1.807, 2.05) is 12.1 Å². The smallest absolute Gasteiger partial charge is 0.312 e. The minimum atomic E-state index is -1.03. The largest absolute Gasteiger partial charge is 0.323 e. The van der Waals surface area contributed by atoms with Crippen LogP contribution in [-0.4, -0.2) is 25.2 Å². The van der Waals surface area contributed by atoms with E-state index in [1.165, 1.54) is 5.56 Å². The van der Waals surface area contributed by atoms with E-state index in [0.29, 0.717) is 24.6 Å². The van der Waals surface area contributed by atoms with Crippen LogP contribution < -0.4 is 0 Å². The number of hydrogen-bond donors (Lipinski definition) is 0. The molecule has 3 heterocycles. The van der Waals surface area contributed by atoms with Crippen LogP contribution in [0.1, 0.15) is 36.7 Å². The summed E-state index contributed by atoms with van der Waals surface area (Å²) in [6.07, 6.45) is 0. The lowest BCUT2D eigenvalue weighted by atomic mass is 9.67. The summed E-state index contributed by atoms with van der Waals surface area (Å²) in [6, 6.07) is 8.23. The van der Waals surface area contributed by atoms with Crippen LogP contribution in [-0.2, 0) is 20.2 Å². The second kappa shape index (κ2) is 5.85. The first kappa shape index (κ1) is 16.9. The van der Waals surface area contributed by atoms with Crippen LogP contribution in [0, 0.1) is 10.8 Å². The van der Waals surface area contributed by atoms with Crippen molar-refractivity contribution in [2.24, 2.45) is 10.8 Å². The second-order valence-corrected chi connectivity index (χ2v) is 8.95. The first-order valence-corrected chi connectivity index (χ1v) is 9.58. The fraction of sp³-hybridized carbons (Fsp3) is 0.647. The Morgan fingerprint density at radius 2 is 1.55 bits per heavy atom. The Hall–Kier alpha value is 0.0600. The van der Waals surface area contributed by atoms with Gasteiger partial charge in [-0.2, -0.15) is 0 Å². The van der Waals surface area contributed by atoms with E-state index in [9.17, 15) is 0 Å². The average molecular weight is 434 g/mol. The molecule has 1 atom stereocenters. The Morgan fingerprint density at radius 1 is 1.05 bits per heavy atom. The minimum absolute atomic E-state index is 0.0639. The number of halogens is 2. The van der Waals surface area contributed by atoms with Crippen LogP contribution in [0.15, 0.2) is 24.3 Å². The lowest BCUT2D eigenvalue weighted by Crippen LogP contribution is -2.62. The highest BCUT2D eigenvalue weighted by molar-refractivity contribution is 9.12. The Bertz CT molecular complexity index is 511. The van der Waals surface area contributed by atoms with Gasteiger partial charge in [0.25, 0.3) is 0 Å². The summed E-state index contributed by atoms with van der Waals surface area (Å²) in [5, 5.41) is 0.870. The van der Waals surface area contributed by atoms with Gasteiger partial charge in [0.1, 0.15) is 0 Å². The van der Waals surface area contributed by atoms with Crippen molar-refractivity contribution in [2.45, 2.75) is 31.6 Å². The van der Waals surface area contributed by atoms with Gasteiger partial charge in [-0.25, -0.2) is 0 Å². The lowest BCUT2D eigenvalue weighted by Gasteiger charge is -2.56. The number of benzene rings is 1. The van der Waals surface area contributed by atoms with Gasteiger partial charge >= 0.3 is 5.97 Å². The first-order valence-electron chi connectivity index (χ1n) is 7.54. The average Bonchev–Trinajstić information content (AvgIpc) is 2.55. The molecule has 22 heavy (non-hydrogen) atoms. The molecule has 0 saturated carbocycles. The molecule has 1 aromatic carbocycles. The summed E-state index contributed by atoms with van der Waals surface area (Å²) in [5.41, 5.74) is 2.16. The fourth-order valence-corrected chi connectivity index (χ4v) is 3.51. The number of ether oxygens (including phenoxy) is 3. The van der Waals surface area contributed by atoms with Gasteiger partial charge in [-0.15, -0.1) is 0 Å². The highest BCUT2D eigenvalue weighted by Gasteiger charge is 2.57. The third kappa shape index (κ3) is 2.69. The molecule has 1 aromatic rings. The van der Waals surface area contributed by atoms with Crippen molar-refractivity contribution in [1.82, 2.24) is 0 Å². The van der Waals surface area contributed by atoms with Crippen molar-refractivity contribution >= 4 is 31.9 Å². The maximum Gasteiger partial charge on any atom is 0.312 e. The van der Waals surface area contributed by atoms with Crippen molar-refractivity contribution in [3.8, 4) is 0 Å². The third-order valence-electron chi connectivity index (χ3n) is 4.97. The van der Waals surface area contributed by atoms with E-state index >= 15 is 0 Å². The van der Waals surface area contributed by atoms with Gasteiger partial charge < -0.3 is 14.2 Å². The Balaban J connectivity index is 1.80. The number of alkyl halides is 2. The molecule has 1 unspecified atom stereocenters. The van der Waals surface area contributed by atoms with Gasteiger partial charge in [0, 0.05) is 21.1 Å². The molecule has 4 rings (SSSR count). The first-order chi connectivity index (χ1) is 10.3. The summed E-state index contributed by atoms with van der Waals surface area (Å²) in [6.45, 7) is 8.65. The predicted octanol–water partition coefficient (Wildman–Crippen LogP) is 4.74. The van der Waals surface area contributed by atoms with E-state index in [4.69, 9.17) is 14.2 Å². The topological polar surface area (TPSA) is 27.7 Å². The van der Waals surface area contributed by atoms with Crippen molar-refractivity contribution in [3.63, 3.8) is 0 Å². The number of rotatable bonds is 3. The molecule has 3 fully saturated rings. The summed E-state index contributed by atoms with van der Waals surface area (Å²) in [5.74, 6) is -1.03. The highest BCUT2D eigenvalue weighted by atomic mass is 79.9. The Morgan fingerprint density at radius 3 is 1.95 bits per heavy atom. The monoisotopic (exact) mass is 432 g/mol. The minimum Gasteiger partial charge on any atom is -0.323 e. The van der Waals surface area contributed by atoms with E-state index in [0.717, 1.165) is 10.9 Å². The van der Waals surface area contributed by atoms with Crippen LogP contribution >= 0.6 is 31.9 Å². The molecule has 3 aliphatic rings. The van der Waals surface area contributed by atoms with Gasteiger partial charge in [-0.1, -0.05) is 76.9 Å². The van der Waals surface area contributed by atoms with Gasteiger partial charge in [0.05, 0.1) is 19.8 Å². The summed E-state index contributed by atoms with van der Waals surface area (Å²) >= 11 is 7.11. The third-order valence-corrected chi connectivity index (χ3v) is 7.34. The predicted molar refractivity (Wildman–Crippen MR) is 93.3 cm³/mol. The quantitative estimate of drug-likeness (QED) is 0.644. The van der Waals surface area contributed by atoms with Crippen LogP contribution in [0.3, 0.4) is 0 Å². The van der Waals surface area contributed by atoms with Crippen LogP contribution in [0.4, 0.5) is 0 Å². The molecule has 0 radical (unpaired) electrons. The van der Waals surface area contributed by atoms with Crippen LogP contribution in [0.2, 0.25) is 0 Å². The van der Waals surface area contributed by atoms with E-state index in [1.54, 1.807) is 0 Å². The Labute approximate surface area is 149 Å². The van der Waals surface area contributed by atoms with E-state index < -0.39 is 5.97 Å². The van der Waals surface area contributed by atoms with Crippen molar-refractivity contribution in [2.75, 3.05) is 25.2 Å². The maximum absolute atomic E-state index is 6.04. The van der Waals surface area contributed by atoms with Gasteiger partial charge in [0.15, 0.2) is 0 Å². The zero-order valence-corrected chi connectivity index (χ0v) is 16.4. The Kier molecular flexibility index (Phi) is 4.49. The van der Waals surface area contributed by atoms with Crippen molar-refractivity contribution < 1.29 is 14.2 Å². The molecule has 0 amide bonds. The molecule has 3 nitrogen and oxygen atoms in total. The highest BCUT2D eigenvalue weighted by Crippen LogP contribution is 2.51. The van der Waals surface area contributed by atoms with Crippen molar-refractivity contribution in [1.29, 1.82) is 0 Å². The SMILES string of the molecule is CC(C)(C)C12COC(c3ccc(C(Br)CBr)cc3)(OC1)OC2. The maximum atomic E-state index is 6.04. The fourth-order valence-electron chi connectivity index (χ4n) is 2.83. The molecule has 0 spiro atoms. The zero-order chi connectivity index (χ0) is 16.0. The van der Waals surface area contributed by atoms with E-state index in [2.05, 4.69) is 64.8 Å². The number of hydrogen-bond acceptors (Lipinski definition) is 3. The molecular weight excluding hydrogens is 412 g/mol. The van der Waals surface area contributed by atoms with Gasteiger partial charge in [0.2, 0.25) is 0 Å². The van der Waals surface area contributed by atoms with Gasteiger partial charge in [-0.3, -0.25) is 0 Å². The molecule has 2 bridgehead atoms. The molecule has 0 aliphatic carbocycles. The molecule has 5 heteroatoms. The zero-order valence-electron chi connectivity index (χ0n) is 13.2. The molecule has 122 valence electrons. The molecule has 3 saturated heterocycles. The standard InChI is InChI=1S/C17H22Br2O3/c1-15(2,3)16-9-20-17(21-10-16,22-11-16)13-6-4-12(5-7-13)14(19)8-18/h4-7,14H,8-11H2,1-3H3. The summed E-state index contributed by atoms with van der Waals surface area (Å²) in [7, 11) is 0. The van der Waals surface area contributed by atoms with Crippen molar-refractivity contribution in [3.05, 3.63) is 35.4 Å². The molecule has 3 aliphatic heterocycles. The molecular formula is C17H22Br2O3. The van der Waals surface area contributed by atoms with Gasteiger partial charge in [-0.05, 0) is 11.0 Å². The summed E-state index contributed by atoms with van der Waals surface area (Å²) in [4.78, 5) is 0.299. The second-order valence-electron chi connectivity index (χ2n) is 7.20. The lowest BCUT2D eigenvalue weighted by molar-refractivity contribution is -0.489. The molecule has 0 aromatic heterocycles. The normalized spacial score (nSPS) is 33.0. The van der Waals surface area contributed by atoms with E-state index in [-0.39, 0.29) is 10.8 Å².